The second-order valence-corrected chi connectivity index (χ2v) is 10.3. The largest absolute Gasteiger partial charge is 0.375 e. The van der Waals surface area contributed by atoms with E-state index in [4.69, 9.17) is 5.73 Å². The summed E-state index contributed by atoms with van der Waals surface area (Å²) in [5, 5.41) is 8.45. The first-order valence-electron chi connectivity index (χ1n) is 8.79. The zero-order chi connectivity index (χ0) is 23.1. The Kier molecular flexibility index (Phi) is 5.52. The van der Waals surface area contributed by atoms with Crippen LogP contribution >= 0.6 is 11.3 Å². The number of thiazole rings is 1. The third kappa shape index (κ3) is 4.37. The smallest absolute Gasteiger partial charge is 0.295 e. The van der Waals surface area contributed by atoms with Gasteiger partial charge >= 0.3 is 0 Å². The molecule has 164 valence electrons. The molecule has 10 nitrogen and oxygen atoms in total. The normalized spacial score (nSPS) is 12.6. The first-order chi connectivity index (χ1) is 15.0. The van der Waals surface area contributed by atoms with E-state index >= 15 is 0 Å². The SMILES string of the molecule is Nc1nc(-c2ccccc2)c(/N=N/c2cc(S(=O)(=O)O)c3cccc(S(=O)(=O)O)c3c2)s1. The number of azo groups is 1. The average molecular weight is 491 g/mol. The molecule has 4 rings (SSSR count). The third-order valence-corrected chi connectivity index (χ3v) is 6.96. The number of rotatable bonds is 5. The molecule has 0 fully saturated rings. The Labute approximate surface area is 186 Å². The van der Waals surface area contributed by atoms with Gasteiger partial charge in [0.1, 0.15) is 15.5 Å². The number of benzene rings is 3. The van der Waals surface area contributed by atoms with Crippen LogP contribution in [0.2, 0.25) is 0 Å². The van der Waals surface area contributed by atoms with E-state index < -0.39 is 30.0 Å². The van der Waals surface area contributed by atoms with Gasteiger partial charge in [-0.25, -0.2) is 4.98 Å². The van der Waals surface area contributed by atoms with Crippen molar-refractivity contribution in [1.29, 1.82) is 0 Å². The summed E-state index contributed by atoms with van der Waals surface area (Å²) in [5.41, 5.74) is 6.93. The predicted octanol–water partition coefficient (Wildman–Crippen LogP) is 4.45. The van der Waals surface area contributed by atoms with Crippen molar-refractivity contribution in [2.45, 2.75) is 9.79 Å². The van der Waals surface area contributed by atoms with Crippen LogP contribution in [0.5, 0.6) is 0 Å². The van der Waals surface area contributed by atoms with Gasteiger partial charge in [-0.1, -0.05) is 53.8 Å². The van der Waals surface area contributed by atoms with Crippen LogP contribution in [-0.4, -0.2) is 30.9 Å². The Morgan fingerprint density at radius 3 is 2.16 bits per heavy atom. The highest BCUT2D eigenvalue weighted by atomic mass is 32.2. The Bertz CT molecular complexity index is 1580. The number of hydrogen-bond acceptors (Lipinski definition) is 9. The summed E-state index contributed by atoms with van der Waals surface area (Å²) in [5.74, 6) is 0. The molecule has 3 aromatic carbocycles. The molecule has 0 aliphatic rings. The average Bonchev–Trinajstić information content (AvgIpc) is 3.11. The summed E-state index contributed by atoms with van der Waals surface area (Å²) < 4.78 is 66.6. The molecule has 0 unspecified atom stereocenters. The highest BCUT2D eigenvalue weighted by molar-refractivity contribution is 7.86. The van der Waals surface area contributed by atoms with Crippen LogP contribution in [0.15, 0.2) is 80.7 Å². The topological polar surface area (TPSA) is 172 Å². The van der Waals surface area contributed by atoms with Gasteiger partial charge < -0.3 is 5.73 Å². The zero-order valence-corrected chi connectivity index (χ0v) is 18.4. The lowest BCUT2D eigenvalue weighted by atomic mass is 10.1. The molecule has 1 aromatic heterocycles. The van der Waals surface area contributed by atoms with E-state index in [0.717, 1.165) is 29.0 Å². The van der Waals surface area contributed by atoms with E-state index in [1.807, 2.05) is 18.2 Å². The Hall–Kier alpha value is -3.23. The molecule has 0 bridgehead atoms. The van der Waals surface area contributed by atoms with Gasteiger partial charge in [-0.05, 0) is 18.2 Å². The molecule has 0 spiro atoms. The Balaban J connectivity index is 1.91. The number of anilines is 1. The first-order valence-corrected chi connectivity index (χ1v) is 12.5. The lowest BCUT2D eigenvalue weighted by Crippen LogP contribution is -2.03. The Morgan fingerprint density at radius 1 is 0.812 bits per heavy atom. The maximum atomic E-state index is 11.9. The standard InChI is InChI=1S/C19H14N4O6S3/c20-19-21-17(11-5-2-1-3-6-11)18(30-19)23-22-12-9-14-13(16(10-12)32(27,28)29)7-4-8-15(14)31(24,25)26/h1-10H,(H2,20,21)(H,24,25,26)(H,27,28,29)/b23-22+. The van der Waals surface area contributed by atoms with Gasteiger partial charge in [-0.15, -0.1) is 10.2 Å². The fourth-order valence-electron chi connectivity index (χ4n) is 3.09. The van der Waals surface area contributed by atoms with Crippen LogP contribution in [-0.2, 0) is 20.2 Å². The molecule has 0 atom stereocenters. The van der Waals surface area contributed by atoms with Crippen LogP contribution < -0.4 is 5.73 Å². The molecular weight excluding hydrogens is 476 g/mol. The highest BCUT2D eigenvalue weighted by Crippen LogP contribution is 2.39. The van der Waals surface area contributed by atoms with Crippen molar-refractivity contribution in [3.8, 4) is 11.3 Å². The summed E-state index contributed by atoms with van der Waals surface area (Å²) in [6.07, 6.45) is 0. The van der Waals surface area contributed by atoms with E-state index in [0.29, 0.717) is 10.7 Å². The lowest BCUT2D eigenvalue weighted by Gasteiger charge is -2.08. The molecule has 4 aromatic rings. The molecule has 0 aliphatic heterocycles. The van der Waals surface area contributed by atoms with Crippen molar-refractivity contribution < 1.29 is 25.9 Å². The van der Waals surface area contributed by atoms with Gasteiger partial charge in [0.15, 0.2) is 10.1 Å². The number of nitrogens with zero attached hydrogens (tertiary/aromatic N) is 3. The minimum atomic E-state index is -4.75. The molecule has 0 radical (unpaired) electrons. The van der Waals surface area contributed by atoms with E-state index in [1.54, 1.807) is 12.1 Å². The number of nitrogens with two attached hydrogens (primary N) is 1. The summed E-state index contributed by atoms with van der Waals surface area (Å²) in [6, 6.07) is 15.0. The molecule has 0 amide bonds. The minimum Gasteiger partial charge on any atom is -0.375 e. The minimum absolute atomic E-state index is 0.0767. The molecule has 32 heavy (non-hydrogen) atoms. The lowest BCUT2D eigenvalue weighted by molar-refractivity contribution is 0.481. The van der Waals surface area contributed by atoms with Crippen molar-refractivity contribution in [1.82, 2.24) is 4.98 Å². The van der Waals surface area contributed by atoms with Gasteiger partial charge in [0.25, 0.3) is 20.2 Å². The molecular formula is C19H14N4O6S3. The second-order valence-electron chi connectivity index (χ2n) is 6.52. The number of nitrogen functional groups attached to an aromatic ring is 1. The van der Waals surface area contributed by atoms with Crippen molar-refractivity contribution in [3.63, 3.8) is 0 Å². The zero-order valence-electron chi connectivity index (χ0n) is 15.9. The maximum absolute atomic E-state index is 11.9. The molecule has 0 aliphatic carbocycles. The Morgan fingerprint density at radius 2 is 1.50 bits per heavy atom. The van der Waals surface area contributed by atoms with Crippen molar-refractivity contribution in [2.75, 3.05) is 5.73 Å². The van der Waals surface area contributed by atoms with Gasteiger partial charge in [-0.3, -0.25) is 9.11 Å². The number of hydrogen-bond donors (Lipinski definition) is 3. The fraction of sp³-hybridized carbons (Fsp3) is 0. The van der Waals surface area contributed by atoms with Crippen LogP contribution in [0.3, 0.4) is 0 Å². The van der Waals surface area contributed by atoms with E-state index in [1.165, 1.54) is 18.2 Å². The molecule has 13 heteroatoms. The van der Waals surface area contributed by atoms with Gasteiger partial charge in [-0.2, -0.15) is 16.8 Å². The fourth-order valence-corrected chi connectivity index (χ4v) is 5.19. The van der Waals surface area contributed by atoms with Crippen LogP contribution in [0.4, 0.5) is 15.8 Å². The first kappa shape index (κ1) is 22.0. The van der Waals surface area contributed by atoms with Crippen LogP contribution in [0.25, 0.3) is 22.0 Å². The molecule has 0 saturated heterocycles. The number of aromatic nitrogens is 1. The summed E-state index contributed by atoms with van der Waals surface area (Å²) in [6.45, 7) is 0. The van der Waals surface area contributed by atoms with E-state index in [9.17, 15) is 25.9 Å². The monoisotopic (exact) mass is 490 g/mol. The van der Waals surface area contributed by atoms with E-state index in [2.05, 4.69) is 15.2 Å². The molecule has 1 heterocycles. The summed E-state index contributed by atoms with van der Waals surface area (Å²) in [7, 11) is -9.44. The summed E-state index contributed by atoms with van der Waals surface area (Å²) >= 11 is 1.05. The highest BCUT2D eigenvalue weighted by Gasteiger charge is 2.21. The quantitative estimate of drug-likeness (QED) is 0.272. The predicted molar refractivity (Wildman–Crippen MR) is 120 cm³/mol. The van der Waals surface area contributed by atoms with Crippen molar-refractivity contribution in [2.24, 2.45) is 10.2 Å². The van der Waals surface area contributed by atoms with Crippen LogP contribution in [0.1, 0.15) is 0 Å². The van der Waals surface area contributed by atoms with E-state index in [-0.39, 0.29) is 21.6 Å². The maximum Gasteiger partial charge on any atom is 0.295 e. The third-order valence-electron chi connectivity index (χ3n) is 4.39. The van der Waals surface area contributed by atoms with Crippen LogP contribution in [0, 0.1) is 0 Å². The van der Waals surface area contributed by atoms with Crippen molar-refractivity contribution in [3.05, 3.63) is 60.7 Å². The summed E-state index contributed by atoms with van der Waals surface area (Å²) in [4.78, 5) is 3.12. The van der Waals surface area contributed by atoms with Gasteiger partial charge in [0.2, 0.25) is 0 Å². The number of fused-ring (bicyclic) bond motifs is 1. The van der Waals surface area contributed by atoms with Gasteiger partial charge in [0, 0.05) is 16.3 Å². The molecule has 0 saturated carbocycles. The van der Waals surface area contributed by atoms with Gasteiger partial charge in [0.05, 0.1) is 5.69 Å². The second kappa shape index (κ2) is 8.03. The molecule has 4 N–H and O–H groups in total. The van der Waals surface area contributed by atoms with Crippen molar-refractivity contribution >= 4 is 58.2 Å².